The Labute approximate surface area is 108 Å². The highest BCUT2D eigenvalue weighted by atomic mass is 19.4. The van der Waals surface area contributed by atoms with Crippen LogP contribution in [-0.2, 0) is 6.54 Å². The first-order chi connectivity index (χ1) is 8.82. The molecule has 19 heavy (non-hydrogen) atoms. The van der Waals surface area contributed by atoms with Gasteiger partial charge in [0.15, 0.2) is 5.92 Å². The minimum Gasteiger partial charge on any atom is -0.329 e. The molecule has 1 aromatic carbocycles. The van der Waals surface area contributed by atoms with Gasteiger partial charge in [-0.3, -0.25) is 0 Å². The number of alkyl halides is 3. The molecule has 0 bridgehead atoms. The van der Waals surface area contributed by atoms with Crippen LogP contribution >= 0.6 is 0 Å². The van der Waals surface area contributed by atoms with Crippen LogP contribution in [0.25, 0.3) is 11.0 Å². The molecule has 100 valence electrons. The molecule has 0 saturated carbocycles. The van der Waals surface area contributed by atoms with Gasteiger partial charge in [-0.1, -0.05) is 0 Å². The smallest absolute Gasteiger partial charge is 0.329 e. The number of nitriles is 1. The van der Waals surface area contributed by atoms with E-state index in [1.807, 2.05) is 19.9 Å². The van der Waals surface area contributed by atoms with Crippen molar-refractivity contribution in [2.75, 3.05) is 0 Å². The number of halogens is 3. The first-order valence-corrected chi connectivity index (χ1v) is 5.71. The molecule has 1 unspecified atom stereocenters. The summed E-state index contributed by atoms with van der Waals surface area (Å²) in [5.41, 5.74) is 3.27. The van der Waals surface area contributed by atoms with Gasteiger partial charge >= 0.3 is 6.18 Å². The quantitative estimate of drug-likeness (QED) is 0.837. The first-order valence-electron chi connectivity index (χ1n) is 5.71. The maximum atomic E-state index is 12.6. The summed E-state index contributed by atoms with van der Waals surface area (Å²) in [6.45, 7) is 3.37. The van der Waals surface area contributed by atoms with Crippen molar-refractivity contribution < 1.29 is 13.2 Å². The van der Waals surface area contributed by atoms with Gasteiger partial charge in [-0.15, -0.1) is 0 Å². The fourth-order valence-corrected chi connectivity index (χ4v) is 1.87. The van der Waals surface area contributed by atoms with Crippen LogP contribution in [0.2, 0.25) is 0 Å². The molecular weight excluding hydrogens is 255 g/mol. The van der Waals surface area contributed by atoms with E-state index in [9.17, 15) is 13.2 Å². The second-order valence-electron chi connectivity index (χ2n) is 4.55. The molecule has 0 spiro atoms. The molecule has 2 aromatic rings. The number of fused-ring (bicyclic) bond motifs is 1. The van der Waals surface area contributed by atoms with Gasteiger partial charge in [0.25, 0.3) is 0 Å². The molecule has 1 aromatic heterocycles. The molecule has 0 saturated heterocycles. The van der Waals surface area contributed by atoms with Crippen LogP contribution in [0, 0.1) is 31.1 Å². The molecule has 6 heteroatoms. The van der Waals surface area contributed by atoms with Crippen molar-refractivity contribution in [1.82, 2.24) is 9.55 Å². The number of aryl methyl sites for hydroxylation is 2. The van der Waals surface area contributed by atoms with E-state index in [1.165, 1.54) is 17.0 Å². The van der Waals surface area contributed by atoms with E-state index in [0.717, 1.165) is 11.1 Å². The predicted octanol–water partition coefficient (Wildman–Crippen LogP) is 3.36. The summed E-state index contributed by atoms with van der Waals surface area (Å²) in [6.07, 6.45) is -3.18. The van der Waals surface area contributed by atoms with Crippen LogP contribution in [0.1, 0.15) is 11.1 Å². The van der Waals surface area contributed by atoms with Crippen molar-refractivity contribution >= 4 is 11.0 Å². The Bertz CT molecular complexity index is 649. The SMILES string of the molecule is Cc1cc2ncn(CC(C#N)C(F)(F)F)c2cc1C. The minimum atomic E-state index is -4.52. The maximum absolute atomic E-state index is 12.6. The zero-order valence-corrected chi connectivity index (χ0v) is 10.5. The summed E-state index contributed by atoms with van der Waals surface area (Å²) in [4.78, 5) is 4.08. The number of aromatic nitrogens is 2. The topological polar surface area (TPSA) is 41.6 Å². The van der Waals surface area contributed by atoms with Gasteiger partial charge in [-0.25, -0.2) is 4.98 Å². The third-order valence-corrected chi connectivity index (χ3v) is 3.17. The Morgan fingerprint density at radius 2 is 1.95 bits per heavy atom. The summed E-state index contributed by atoms with van der Waals surface area (Å²) in [7, 11) is 0. The van der Waals surface area contributed by atoms with E-state index in [2.05, 4.69) is 4.98 Å². The Kier molecular flexibility index (Phi) is 3.23. The Morgan fingerprint density at radius 3 is 2.53 bits per heavy atom. The average Bonchev–Trinajstić information content (AvgIpc) is 2.67. The molecule has 1 atom stereocenters. The molecule has 2 rings (SSSR count). The summed E-state index contributed by atoms with van der Waals surface area (Å²) < 4.78 is 39.2. The van der Waals surface area contributed by atoms with Crippen molar-refractivity contribution in [3.63, 3.8) is 0 Å². The average molecular weight is 267 g/mol. The van der Waals surface area contributed by atoms with Crippen LogP contribution in [0.3, 0.4) is 0 Å². The molecule has 0 fully saturated rings. The summed E-state index contributed by atoms with van der Waals surface area (Å²) >= 11 is 0. The molecular formula is C13H12F3N3. The molecule has 0 radical (unpaired) electrons. The van der Waals surface area contributed by atoms with E-state index >= 15 is 0 Å². The van der Waals surface area contributed by atoms with Gasteiger partial charge in [0.1, 0.15) is 0 Å². The van der Waals surface area contributed by atoms with Crippen molar-refractivity contribution in [2.24, 2.45) is 5.92 Å². The first kappa shape index (κ1) is 13.4. The van der Waals surface area contributed by atoms with Gasteiger partial charge in [0.05, 0.1) is 23.4 Å². The van der Waals surface area contributed by atoms with Crippen LogP contribution in [0.5, 0.6) is 0 Å². The van der Waals surface area contributed by atoms with Crippen LogP contribution in [0.4, 0.5) is 13.2 Å². The monoisotopic (exact) mass is 267 g/mol. The third kappa shape index (κ3) is 2.55. The van der Waals surface area contributed by atoms with Crippen LogP contribution in [-0.4, -0.2) is 15.7 Å². The van der Waals surface area contributed by atoms with E-state index in [-0.39, 0.29) is 0 Å². The fraction of sp³-hybridized carbons (Fsp3) is 0.385. The van der Waals surface area contributed by atoms with Crippen LogP contribution < -0.4 is 0 Å². The summed E-state index contributed by atoms with van der Waals surface area (Å²) in [6, 6.07) is 4.92. The van der Waals surface area contributed by atoms with Gasteiger partial charge in [-0.05, 0) is 37.1 Å². The largest absolute Gasteiger partial charge is 0.406 e. The standard InChI is InChI=1S/C13H12F3N3/c1-8-3-11-12(4-9(8)2)19(7-18-11)6-10(5-17)13(14,15)16/h3-4,7,10H,6H2,1-2H3. The molecule has 0 amide bonds. The predicted molar refractivity (Wildman–Crippen MR) is 64.4 cm³/mol. The molecule has 0 aliphatic heterocycles. The number of imidazole rings is 1. The molecule has 1 heterocycles. The summed E-state index contributed by atoms with van der Waals surface area (Å²) in [5.74, 6) is -2.02. The van der Waals surface area contributed by atoms with Crippen molar-refractivity contribution in [3.8, 4) is 6.07 Å². The van der Waals surface area contributed by atoms with E-state index in [1.54, 1.807) is 6.07 Å². The second kappa shape index (κ2) is 4.57. The zero-order chi connectivity index (χ0) is 14.2. The molecule has 3 nitrogen and oxygen atoms in total. The highest BCUT2D eigenvalue weighted by Crippen LogP contribution is 2.28. The van der Waals surface area contributed by atoms with Gasteiger partial charge < -0.3 is 4.57 Å². The van der Waals surface area contributed by atoms with Crippen LogP contribution in [0.15, 0.2) is 18.5 Å². The lowest BCUT2D eigenvalue weighted by atomic mass is 10.1. The lowest BCUT2D eigenvalue weighted by Gasteiger charge is -2.14. The molecule has 0 aliphatic rings. The number of benzene rings is 1. The molecule has 0 N–H and O–H groups in total. The van der Waals surface area contributed by atoms with Crippen molar-refractivity contribution in [3.05, 3.63) is 29.6 Å². The van der Waals surface area contributed by atoms with Gasteiger partial charge in [0.2, 0.25) is 0 Å². The second-order valence-corrected chi connectivity index (χ2v) is 4.55. The Hall–Kier alpha value is -2.03. The van der Waals surface area contributed by atoms with E-state index in [0.29, 0.717) is 11.0 Å². The minimum absolute atomic E-state index is 0.432. The van der Waals surface area contributed by atoms with Crippen molar-refractivity contribution in [1.29, 1.82) is 5.26 Å². The number of nitrogens with zero attached hydrogens (tertiary/aromatic N) is 3. The van der Waals surface area contributed by atoms with E-state index < -0.39 is 18.6 Å². The third-order valence-electron chi connectivity index (χ3n) is 3.17. The highest BCUT2D eigenvalue weighted by Gasteiger charge is 2.40. The number of hydrogen-bond acceptors (Lipinski definition) is 2. The lowest BCUT2D eigenvalue weighted by molar-refractivity contribution is -0.161. The van der Waals surface area contributed by atoms with Gasteiger partial charge in [0, 0.05) is 6.54 Å². The summed E-state index contributed by atoms with van der Waals surface area (Å²) in [5, 5.41) is 8.63. The number of rotatable bonds is 2. The Morgan fingerprint density at radius 1 is 1.32 bits per heavy atom. The molecule has 0 aliphatic carbocycles. The maximum Gasteiger partial charge on any atom is 0.406 e. The lowest BCUT2D eigenvalue weighted by Crippen LogP contribution is -2.25. The number of hydrogen-bond donors (Lipinski definition) is 0. The Balaban J connectivity index is 2.42. The fourth-order valence-electron chi connectivity index (χ4n) is 1.87. The normalized spacial score (nSPS) is 13.5. The van der Waals surface area contributed by atoms with Crippen molar-refractivity contribution in [2.45, 2.75) is 26.6 Å². The van der Waals surface area contributed by atoms with E-state index in [4.69, 9.17) is 5.26 Å². The zero-order valence-electron chi connectivity index (χ0n) is 10.5. The van der Waals surface area contributed by atoms with Gasteiger partial charge in [-0.2, -0.15) is 18.4 Å². The highest BCUT2D eigenvalue weighted by molar-refractivity contribution is 5.77.